The number of carbonyl (C=O) groups is 1. The first-order valence-corrected chi connectivity index (χ1v) is 6.66. The zero-order chi connectivity index (χ0) is 15.8. The van der Waals surface area contributed by atoms with Crippen LogP contribution >= 0.6 is 0 Å². The van der Waals surface area contributed by atoms with Crippen LogP contribution in [0.25, 0.3) is 0 Å². The lowest BCUT2D eigenvalue weighted by molar-refractivity contribution is 0.0912. The molecule has 0 aliphatic rings. The maximum atomic E-state index is 11.9. The van der Waals surface area contributed by atoms with Crippen LogP contribution in [0.5, 0.6) is 0 Å². The Labute approximate surface area is 127 Å². The summed E-state index contributed by atoms with van der Waals surface area (Å²) in [6.45, 7) is 1.30. The molecule has 0 radical (unpaired) electrons. The Bertz CT molecular complexity index is 720. The average molecular weight is 294 g/mol. The summed E-state index contributed by atoms with van der Waals surface area (Å²) in [6, 6.07) is 10.6. The minimum atomic E-state index is -0.182. The molecule has 2 aromatic heterocycles. The first kappa shape index (κ1) is 15.2. The minimum absolute atomic E-state index is 0.145. The van der Waals surface area contributed by atoms with Gasteiger partial charge >= 0.3 is 0 Å². The Morgan fingerprint density at radius 1 is 1.23 bits per heavy atom. The molecule has 0 unspecified atom stereocenters. The van der Waals surface area contributed by atoms with Gasteiger partial charge in [-0.3, -0.25) is 9.36 Å². The van der Waals surface area contributed by atoms with Gasteiger partial charge in [-0.05, 0) is 24.3 Å². The van der Waals surface area contributed by atoms with Crippen molar-refractivity contribution < 1.29 is 4.79 Å². The van der Waals surface area contributed by atoms with Gasteiger partial charge in [0, 0.05) is 25.5 Å². The maximum absolute atomic E-state index is 11.9. The van der Waals surface area contributed by atoms with E-state index in [0.717, 1.165) is 0 Å². The van der Waals surface area contributed by atoms with Gasteiger partial charge < -0.3 is 10.6 Å². The summed E-state index contributed by atoms with van der Waals surface area (Å²) in [5.41, 5.74) is 0.834. The molecule has 0 saturated heterocycles. The van der Waals surface area contributed by atoms with Crippen molar-refractivity contribution in [3.63, 3.8) is 0 Å². The van der Waals surface area contributed by atoms with Crippen molar-refractivity contribution >= 4 is 11.7 Å². The van der Waals surface area contributed by atoms with Crippen molar-refractivity contribution in [3.8, 4) is 12.1 Å². The number of hydrogen-bond donors (Lipinski definition) is 2. The highest BCUT2D eigenvalue weighted by atomic mass is 16.2. The Morgan fingerprint density at radius 3 is 2.77 bits per heavy atom. The summed E-state index contributed by atoms with van der Waals surface area (Å²) < 4.78 is 1.32. The molecule has 0 aliphatic heterocycles. The Morgan fingerprint density at radius 2 is 2.09 bits per heavy atom. The van der Waals surface area contributed by atoms with Gasteiger partial charge in [0.05, 0.1) is 12.1 Å². The van der Waals surface area contributed by atoms with E-state index in [1.54, 1.807) is 30.5 Å². The zero-order valence-electron chi connectivity index (χ0n) is 11.8. The highest BCUT2D eigenvalue weighted by Gasteiger charge is 2.07. The summed E-state index contributed by atoms with van der Waals surface area (Å²) in [5.74, 6) is 0.488. The molecule has 2 N–H and O–H groups in total. The number of hydrogen-bond acceptors (Lipinski definition) is 6. The molecule has 0 bridgehead atoms. The monoisotopic (exact) mass is 294 g/mol. The van der Waals surface area contributed by atoms with E-state index >= 15 is 0 Å². The van der Waals surface area contributed by atoms with Gasteiger partial charge in [0.2, 0.25) is 5.91 Å². The van der Waals surface area contributed by atoms with Crippen LogP contribution in [0.3, 0.4) is 0 Å². The summed E-state index contributed by atoms with van der Waals surface area (Å²) in [7, 11) is 0. The predicted octanol–water partition coefficient (Wildman–Crippen LogP) is 0.968. The summed E-state index contributed by atoms with van der Waals surface area (Å²) in [5, 5.41) is 23.6. The number of pyridine rings is 1. The molecule has 0 amide bonds. The quantitative estimate of drug-likeness (QED) is 0.769. The third kappa shape index (κ3) is 3.92. The Balaban J connectivity index is 1.70. The van der Waals surface area contributed by atoms with Crippen LogP contribution in [0.1, 0.15) is 16.1 Å². The van der Waals surface area contributed by atoms with Crippen molar-refractivity contribution in [3.05, 3.63) is 47.9 Å². The van der Waals surface area contributed by atoms with Gasteiger partial charge in [0.1, 0.15) is 23.7 Å². The van der Waals surface area contributed by atoms with Crippen LogP contribution in [-0.4, -0.2) is 35.1 Å². The number of nitrogens with one attached hydrogen (secondary N) is 2. The standard InChI is InChI=1S/C15H14N6O/c16-8-12-3-4-14(20-10-12)19-6-5-18-11-15(22)21-7-1-2-13(21)9-17/h1-4,7,10,18H,5-6,11H2,(H,19,20). The molecule has 22 heavy (non-hydrogen) atoms. The molecular formula is C15H14N6O. The molecule has 2 rings (SSSR count). The van der Waals surface area contributed by atoms with Crippen LogP contribution in [0, 0.1) is 22.7 Å². The van der Waals surface area contributed by atoms with Gasteiger partial charge in [-0.25, -0.2) is 4.98 Å². The number of rotatable bonds is 6. The van der Waals surface area contributed by atoms with Crippen LogP contribution < -0.4 is 10.6 Å². The molecule has 0 aromatic carbocycles. The number of anilines is 1. The van der Waals surface area contributed by atoms with Crippen LogP contribution in [0.2, 0.25) is 0 Å². The minimum Gasteiger partial charge on any atom is -0.369 e. The fourth-order valence-corrected chi connectivity index (χ4v) is 1.81. The van der Waals surface area contributed by atoms with Crippen LogP contribution in [0.4, 0.5) is 5.82 Å². The lowest BCUT2D eigenvalue weighted by Gasteiger charge is -2.07. The van der Waals surface area contributed by atoms with Crippen LogP contribution in [-0.2, 0) is 0 Å². The SMILES string of the molecule is N#Cc1ccc(NCCNCC(=O)n2cccc2C#N)nc1. The van der Waals surface area contributed by atoms with Crippen LogP contribution in [0.15, 0.2) is 36.7 Å². The number of carbonyl (C=O) groups excluding carboxylic acids is 1. The third-order valence-corrected chi connectivity index (χ3v) is 2.91. The fourth-order valence-electron chi connectivity index (χ4n) is 1.81. The highest BCUT2D eigenvalue weighted by Crippen LogP contribution is 2.03. The molecular weight excluding hydrogens is 280 g/mol. The summed E-state index contributed by atoms with van der Waals surface area (Å²) in [6.07, 6.45) is 3.07. The van der Waals surface area contributed by atoms with E-state index in [9.17, 15) is 4.79 Å². The second kappa shape index (κ2) is 7.58. The smallest absolute Gasteiger partial charge is 0.245 e. The van der Waals surface area contributed by atoms with E-state index in [4.69, 9.17) is 10.5 Å². The van der Waals surface area contributed by atoms with Crippen molar-refractivity contribution in [1.82, 2.24) is 14.9 Å². The first-order valence-electron chi connectivity index (χ1n) is 6.66. The van der Waals surface area contributed by atoms with Crippen molar-refractivity contribution in [2.45, 2.75) is 0 Å². The molecule has 0 aliphatic carbocycles. The zero-order valence-corrected chi connectivity index (χ0v) is 11.8. The summed E-state index contributed by atoms with van der Waals surface area (Å²) in [4.78, 5) is 16.0. The van der Waals surface area contributed by atoms with Gasteiger partial charge in [-0.1, -0.05) is 0 Å². The molecule has 7 nitrogen and oxygen atoms in total. The van der Waals surface area contributed by atoms with Gasteiger partial charge in [0.25, 0.3) is 0 Å². The molecule has 2 heterocycles. The van der Waals surface area contributed by atoms with E-state index in [2.05, 4.69) is 15.6 Å². The van der Waals surface area contributed by atoms with Gasteiger partial charge in [-0.15, -0.1) is 0 Å². The van der Waals surface area contributed by atoms with E-state index in [-0.39, 0.29) is 12.5 Å². The van der Waals surface area contributed by atoms with Crippen molar-refractivity contribution in [2.75, 3.05) is 25.0 Å². The normalized spacial score (nSPS) is 9.73. The van der Waals surface area contributed by atoms with Gasteiger partial charge in [-0.2, -0.15) is 10.5 Å². The molecule has 0 fully saturated rings. The third-order valence-electron chi connectivity index (χ3n) is 2.91. The molecule has 110 valence electrons. The van der Waals surface area contributed by atoms with Crippen molar-refractivity contribution in [2.24, 2.45) is 0 Å². The number of nitriles is 2. The fraction of sp³-hybridized carbons (Fsp3) is 0.200. The van der Waals surface area contributed by atoms with E-state index in [1.807, 2.05) is 12.1 Å². The molecule has 0 spiro atoms. The number of nitrogens with zero attached hydrogens (tertiary/aromatic N) is 4. The predicted molar refractivity (Wildman–Crippen MR) is 80.1 cm³/mol. The second-order valence-electron chi connectivity index (χ2n) is 4.42. The second-order valence-corrected chi connectivity index (χ2v) is 4.42. The first-order chi connectivity index (χ1) is 10.7. The van der Waals surface area contributed by atoms with E-state index in [1.165, 1.54) is 10.8 Å². The Hall–Kier alpha value is -3.16. The van der Waals surface area contributed by atoms with Crippen molar-refractivity contribution in [1.29, 1.82) is 10.5 Å². The molecule has 7 heteroatoms. The molecule has 2 aromatic rings. The highest BCUT2D eigenvalue weighted by molar-refractivity contribution is 5.82. The molecule has 0 atom stereocenters. The summed E-state index contributed by atoms with van der Waals surface area (Å²) >= 11 is 0. The van der Waals surface area contributed by atoms with E-state index in [0.29, 0.717) is 30.2 Å². The lowest BCUT2D eigenvalue weighted by atomic mass is 10.3. The topological polar surface area (TPSA) is 107 Å². The lowest BCUT2D eigenvalue weighted by Crippen LogP contribution is -2.31. The van der Waals surface area contributed by atoms with E-state index < -0.39 is 0 Å². The average Bonchev–Trinajstić information content (AvgIpc) is 3.03. The maximum Gasteiger partial charge on any atom is 0.245 e. The number of aromatic nitrogens is 2. The largest absolute Gasteiger partial charge is 0.369 e. The Kier molecular flexibility index (Phi) is 5.25. The van der Waals surface area contributed by atoms with Gasteiger partial charge in [0.15, 0.2) is 0 Å². The molecule has 0 saturated carbocycles.